The van der Waals surface area contributed by atoms with E-state index in [2.05, 4.69) is 0 Å². The smallest absolute Gasteiger partial charge is 0.331 e. The van der Waals surface area contributed by atoms with Crippen molar-refractivity contribution in [2.45, 2.75) is 58.5 Å². The summed E-state index contributed by atoms with van der Waals surface area (Å²) in [6.45, 7) is 5.44. The van der Waals surface area contributed by atoms with Crippen LogP contribution in [0, 0.1) is 0 Å². The molecule has 1 aliphatic heterocycles. The second-order valence-corrected chi connectivity index (χ2v) is 5.89. The van der Waals surface area contributed by atoms with E-state index >= 15 is 0 Å². The predicted octanol–water partition coefficient (Wildman–Crippen LogP) is 0.798. The topological polar surface area (TPSA) is 122 Å². The summed E-state index contributed by atoms with van der Waals surface area (Å²) in [7, 11) is 0. The van der Waals surface area contributed by atoms with Crippen LogP contribution in [0.1, 0.15) is 34.1 Å². The molecule has 0 spiro atoms. The van der Waals surface area contributed by atoms with Gasteiger partial charge in [0.25, 0.3) is 0 Å². The lowest BCUT2D eigenvalue weighted by molar-refractivity contribution is -0.159. The third-order valence-corrected chi connectivity index (χ3v) is 3.35. The van der Waals surface area contributed by atoms with E-state index in [1.165, 1.54) is 26.8 Å². The fourth-order valence-electron chi connectivity index (χ4n) is 2.05. The number of ether oxygens (including phenoxy) is 4. The van der Waals surface area contributed by atoms with Crippen LogP contribution in [0.2, 0.25) is 0 Å². The number of cyclic esters (lactones) is 3. The first-order chi connectivity index (χ1) is 12.6. The van der Waals surface area contributed by atoms with Crippen LogP contribution in [-0.4, -0.2) is 54.1 Å². The van der Waals surface area contributed by atoms with Gasteiger partial charge in [0.1, 0.15) is 12.2 Å². The molecule has 4 unspecified atom stereocenters. The molecule has 27 heavy (non-hydrogen) atoms. The Morgan fingerprint density at radius 2 is 1.59 bits per heavy atom. The monoisotopic (exact) mass is 382 g/mol. The van der Waals surface area contributed by atoms with E-state index in [1.54, 1.807) is 0 Å². The molecule has 0 bridgehead atoms. The van der Waals surface area contributed by atoms with Crippen molar-refractivity contribution in [2.75, 3.05) is 0 Å². The first-order valence-electron chi connectivity index (χ1n) is 8.26. The molecule has 0 fully saturated rings. The fraction of sp³-hybridized carbons (Fsp3) is 0.500. The van der Waals surface area contributed by atoms with Gasteiger partial charge in [-0.2, -0.15) is 0 Å². The van der Waals surface area contributed by atoms with Gasteiger partial charge in [-0.15, -0.1) is 0 Å². The molecule has 0 aromatic carbocycles. The maximum Gasteiger partial charge on any atom is 0.331 e. The highest BCUT2D eigenvalue weighted by Gasteiger charge is 2.23. The van der Waals surface area contributed by atoms with Crippen LogP contribution in [0.15, 0.2) is 24.3 Å². The van der Waals surface area contributed by atoms with E-state index in [0.29, 0.717) is 0 Å². The molecule has 148 valence electrons. The van der Waals surface area contributed by atoms with Crippen molar-refractivity contribution in [3.05, 3.63) is 24.3 Å². The molecule has 9 nitrogen and oxygen atoms in total. The van der Waals surface area contributed by atoms with Gasteiger partial charge in [0.2, 0.25) is 0 Å². The van der Waals surface area contributed by atoms with E-state index in [0.717, 1.165) is 25.2 Å². The lowest BCUT2D eigenvalue weighted by Crippen LogP contribution is -2.31. The molecule has 4 atom stereocenters. The Morgan fingerprint density at radius 3 is 2.22 bits per heavy atom. The Hall–Kier alpha value is -2.97. The molecule has 0 saturated heterocycles. The lowest BCUT2D eigenvalue weighted by atomic mass is 10.2. The van der Waals surface area contributed by atoms with Gasteiger partial charge in [0, 0.05) is 19.1 Å². The zero-order valence-corrected chi connectivity index (χ0v) is 15.5. The molecule has 0 saturated carbocycles. The number of rotatable bonds is 1. The standard InChI is InChI=1S/C18H22O9/c1-10-9-18(23)25-11(2)14(20)5-7-17(22)26-12(3)15(27-13(4)19)6-8-16(21)24-10/h5-8,10-12,15H,9H2,1-4H3/b7-5+,8-6+. The van der Waals surface area contributed by atoms with Crippen LogP contribution in [0.25, 0.3) is 0 Å². The third-order valence-electron chi connectivity index (χ3n) is 3.35. The molecule has 1 heterocycles. The average Bonchev–Trinajstić information content (AvgIpc) is 2.54. The van der Waals surface area contributed by atoms with Gasteiger partial charge in [0.15, 0.2) is 18.0 Å². The molecule has 1 aliphatic rings. The normalized spacial score (nSPS) is 30.5. The van der Waals surface area contributed by atoms with Crippen molar-refractivity contribution in [3.8, 4) is 0 Å². The molecule has 0 aromatic rings. The summed E-state index contributed by atoms with van der Waals surface area (Å²) in [6.07, 6.45) is -0.151. The van der Waals surface area contributed by atoms with Crippen LogP contribution >= 0.6 is 0 Å². The van der Waals surface area contributed by atoms with Crippen LogP contribution in [0.5, 0.6) is 0 Å². The van der Waals surface area contributed by atoms with Crippen molar-refractivity contribution >= 4 is 29.7 Å². The second-order valence-electron chi connectivity index (χ2n) is 5.89. The molecule has 1 rings (SSSR count). The predicted molar refractivity (Wildman–Crippen MR) is 90.1 cm³/mol. The molecule has 0 amide bonds. The van der Waals surface area contributed by atoms with Crippen LogP contribution in [0.3, 0.4) is 0 Å². The van der Waals surface area contributed by atoms with Crippen molar-refractivity contribution < 1.29 is 42.9 Å². The summed E-state index contributed by atoms with van der Waals surface area (Å²) < 4.78 is 20.0. The number of hydrogen-bond acceptors (Lipinski definition) is 9. The molecule has 0 aromatic heterocycles. The van der Waals surface area contributed by atoms with Gasteiger partial charge >= 0.3 is 23.9 Å². The summed E-state index contributed by atoms with van der Waals surface area (Å²) in [5.74, 6) is -3.67. The van der Waals surface area contributed by atoms with Crippen molar-refractivity contribution in [3.63, 3.8) is 0 Å². The Kier molecular flexibility index (Phi) is 8.37. The Bertz CT molecular complexity index is 662. The number of ketones is 1. The summed E-state index contributed by atoms with van der Waals surface area (Å²) in [6, 6.07) is 0. The highest BCUT2D eigenvalue weighted by molar-refractivity contribution is 5.99. The fourth-order valence-corrected chi connectivity index (χ4v) is 2.05. The van der Waals surface area contributed by atoms with E-state index in [-0.39, 0.29) is 6.42 Å². The molecule has 9 heteroatoms. The minimum Gasteiger partial charge on any atom is -0.459 e. The van der Waals surface area contributed by atoms with Crippen LogP contribution in [0.4, 0.5) is 0 Å². The second kappa shape index (κ2) is 10.2. The number of carbonyl (C=O) groups is 5. The molecular weight excluding hydrogens is 360 g/mol. The van der Waals surface area contributed by atoms with E-state index in [4.69, 9.17) is 18.9 Å². The maximum atomic E-state index is 11.9. The van der Waals surface area contributed by atoms with E-state index in [1.807, 2.05) is 0 Å². The summed E-state index contributed by atoms with van der Waals surface area (Å²) in [5, 5.41) is 0. The Balaban J connectivity index is 3.06. The highest BCUT2D eigenvalue weighted by Crippen LogP contribution is 2.10. The first-order valence-corrected chi connectivity index (χ1v) is 8.26. The van der Waals surface area contributed by atoms with Gasteiger partial charge in [-0.3, -0.25) is 14.4 Å². The lowest BCUT2D eigenvalue weighted by Gasteiger charge is -2.20. The summed E-state index contributed by atoms with van der Waals surface area (Å²) in [4.78, 5) is 58.5. The number of esters is 4. The molecule has 0 aliphatic carbocycles. The molecule has 0 radical (unpaired) electrons. The zero-order chi connectivity index (χ0) is 20.6. The molecule has 0 N–H and O–H groups in total. The summed E-state index contributed by atoms with van der Waals surface area (Å²) in [5.41, 5.74) is 0. The van der Waals surface area contributed by atoms with Crippen molar-refractivity contribution in [2.24, 2.45) is 0 Å². The summed E-state index contributed by atoms with van der Waals surface area (Å²) >= 11 is 0. The van der Waals surface area contributed by atoms with Crippen molar-refractivity contribution in [1.82, 2.24) is 0 Å². The van der Waals surface area contributed by atoms with E-state index < -0.39 is 54.1 Å². The number of hydrogen-bond donors (Lipinski definition) is 0. The van der Waals surface area contributed by atoms with E-state index in [9.17, 15) is 24.0 Å². The maximum absolute atomic E-state index is 11.9. The van der Waals surface area contributed by atoms with Gasteiger partial charge in [-0.25, -0.2) is 9.59 Å². The highest BCUT2D eigenvalue weighted by atomic mass is 16.6. The van der Waals surface area contributed by atoms with Gasteiger partial charge in [0.05, 0.1) is 6.42 Å². The minimum atomic E-state index is -1.12. The minimum absolute atomic E-state index is 0.257. The van der Waals surface area contributed by atoms with Crippen molar-refractivity contribution in [1.29, 1.82) is 0 Å². The average molecular weight is 382 g/mol. The van der Waals surface area contributed by atoms with Crippen LogP contribution < -0.4 is 0 Å². The van der Waals surface area contributed by atoms with Gasteiger partial charge in [-0.1, -0.05) is 0 Å². The zero-order valence-electron chi connectivity index (χ0n) is 15.5. The largest absolute Gasteiger partial charge is 0.459 e. The SMILES string of the molecule is CC(=O)OC1/C=C/C(=O)OC(C)CC(=O)OC(C)C(=O)/C=C/C(=O)OC1C. The van der Waals surface area contributed by atoms with Gasteiger partial charge < -0.3 is 18.9 Å². The third kappa shape index (κ3) is 8.30. The Morgan fingerprint density at radius 1 is 0.963 bits per heavy atom. The Labute approximate surface area is 156 Å². The van der Waals surface area contributed by atoms with Gasteiger partial charge in [-0.05, 0) is 32.9 Å². The first kappa shape index (κ1) is 22.1. The number of carbonyl (C=O) groups excluding carboxylic acids is 5. The van der Waals surface area contributed by atoms with Crippen LogP contribution in [-0.2, 0) is 42.9 Å². The quantitative estimate of drug-likeness (QED) is 0.478. The molecular formula is C18H22O9.